The van der Waals surface area contributed by atoms with E-state index in [4.69, 9.17) is 0 Å². The molecule has 0 atom stereocenters. The second-order valence-corrected chi connectivity index (χ2v) is 3.26. The summed E-state index contributed by atoms with van der Waals surface area (Å²) in [5.41, 5.74) is 1.95. The van der Waals surface area contributed by atoms with Crippen LogP contribution in [0.3, 0.4) is 0 Å². The summed E-state index contributed by atoms with van der Waals surface area (Å²) in [5, 5.41) is 3.23. The van der Waals surface area contributed by atoms with Gasteiger partial charge in [-0.3, -0.25) is 0 Å². The molecule has 0 saturated heterocycles. The molecule has 1 nitrogen and oxygen atoms in total. The molecule has 0 amide bonds. The molecule has 0 aliphatic heterocycles. The van der Waals surface area contributed by atoms with Gasteiger partial charge in [-0.25, -0.2) is 4.39 Å². The van der Waals surface area contributed by atoms with Crippen LogP contribution in [0.25, 0.3) is 0 Å². The molecule has 0 aliphatic rings. The lowest BCUT2D eigenvalue weighted by Gasteiger charge is -2.12. The predicted octanol–water partition coefficient (Wildman–Crippen LogP) is 2.95. The van der Waals surface area contributed by atoms with Gasteiger partial charge in [-0.15, -0.1) is 0 Å². The smallest absolute Gasteiger partial charge is 0.123 e. The quantitative estimate of drug-likeness (QED) is 0.714. The number of halogens is 1. The van der Waals surface area contributed by atoms with Crippen LogP contribution in [0.4, 0.5) is 10.1 Å². The second-order valence-electron chi connectivity index (χ2n) is 3.26. The zero-order valence-electron chi connectivity index (χ0n) is 7.69. The first-order valence-corrected chi connectivity index (χ1v) is 4.12. The first kappa shape index (κ1) is 9.04. The fourth-order valence-corrected chi connectivity index (χ4v) is 1.10. The molecule has 0 spiro atoms. The fourth-order valence-electron chi connectivity index (χ4n) is 1.10. The van der Waals surface area contributed by atoms with E-state index in [0.29, 0.717) is 6.04 Å². The molecule has 2 heteroatoms. The van der Waals surface area contributed by atoms with Crippen molar-refractivity contribution in [2.75, 3.05) is 5.32 Å². The highest BCUT2D eigenvalue weighted by atomic mass is 19.1. The van der Waals surface area contributed by atoms with Gasteiger partial charge in [-0.2, -0.15) is 0 Å². The van der Waals surface area contributed by atoms with Gasteiger partial charge in [-0.05, 0) is 44.5 Å². The summed E-state index contributed by atoms with van der Waals surface area (Å²) in [6, 6.07) is 5.15. The molecule has 0 unspecified atom stereocenters. The molecule has 1 aromatic carbocycles. The second kappa shape index (κ2) is 3.57. The van der Waals surface area contributed by atoms with Gasteiger partial charge < -0.3 is 5.32 Å². The monoisotopic (exact) mass is 167 g/mol. The van der Waals surface area contributed by atoms with Gasteiger partial charge >= 0.3 is 0 Å². The van der Waals surface area contributed by atoms with E-state index in [9.17, 15) is 4.39 Å². The Morgan fingerprint density at radius 1 is 1.33 bits per heavy atom. The summed E-state index contributed by atoms with van der Waals surface area (Å²) in [6.45, 7) is 6.01. The Balaban J connectivity index is 2.86. The zero-order valence-corrected chi connectivity index (χ0v) is 7.69. The summed E-state index contributed by atoms with van der Waals surface area (Å²) >= 11 is 0. The van der Waals surface area contributed by atoms with E-state index in [2.05, 4.69) is 19.2 Å². The summed E-state index contributed by atoms with van der Waals surface area (Å²) in [7, 11) is 0. The van der Waals surface area contributed by atoms with Gasteiger partial charge in [0.05, 0.1) is 0 Å². The van der Waals surface area contributed by atoms with Crippen LogP contribution in [-0.2, 0) is 0 Å². The summed E-state index contributed by atoms with van der Waals surface area (Å²) in [5.74, 6) is -0.179. The van der Waals surface area contributed by atoms with Crippen molar-refractivity contribution in [1.82, 2.24) is 0 Å². The van der Waals surface area contributed by atoms with Gasteiger partial charge in [0.25, 0.3) is 0 Å². The largest absolute Gasteiger partial charge is 0.383 e. The maximum Gasteiger partial charge on any atom is 0.123 e. The van der Waals surface area contributed by atoms with Crippen molar-refractivity contribution in [2.24, 2.45) is 0 Å². The predicted molar refractivity (Wildman–Crippen MR) is 49.9 cm³/mol. The van der Waals surface area contributed by atoms with Crippen molar-refractivity contribution in [3.63, 3.8) is 0 Å². The average Bonchev–Trinajstić information content (AvgIpc) is 1.94. The Kier molecular flexibility index (Phi) is 2.69. The Bertz CT molecular complexity index is 269. The van der Waals surface area contributed by atoms with E-state index in [-0.39, 0.29) is 5.82 Å². The van der Waals surface area contributed by atoms with Crippen molar-refractivity contribution in [1.29, 1.82) is 0 Å². The van der Waals surface area contributed by atoms with Crippen molar-refractivity contribution >= 4 is 5.69 Å². The van der Waals surface area contributed by atoms with E-state index in [1.54, 1.807) is 6.07 Å². The van der Waals surface area contributed by atoms with Crippen molar-refractivity contribution in [3.8, 4) is 0 Å². The Morgan fingerprint density at radius 3 is 2.50 bits per heavy atom. The third-order valence-electron chi connectivity index (χ3n) is 1.63. The summed E-state index contributed by atoms with van der Waals surface area (Å²) in [4.78, 5) is 0. The molecule has 1 rings (SSSR count). The molecule has 0 radical (unpaired) electrons. The van der Waals surface area contributed by atoms with Crippen molar-refractivity contribution in [2.45, 2.75) is 26.8 Å². The van der Waals surface area contributed by atoms with Gasteiger partial charge in [0.15, 0.2) is 0 Å². The molecule has 0 saturated carbocycles. The van der Waals surface area contributed by atoms with Crippen LogP contribution in [-0.4, -0.2) is 6.04 Å². The van der Waals surface area contributed by atoms with Gasteiger partial charge in [-0.1, -0.05) is 0 Å². The minimum Gasteiger partial charge on any atom is -0.383 e. The van der Waals surface area contributed by atoms with E-state index < -0.39 is 0 Å². The highest BCUT2D eigenvalue weighted by molar-refractivity contribution is 5.50. The SMILES string of the molecule is Cc1cc(F)ccc1NC(C)C. The summed E-state index contributed by atoms with van der Waals surface area (Å²) in [6.07, 6.45) is 0. The topological polar surface area (TPSA) is 12.0 Å². The normalized spacial score (nSPS) is 10.4. The molecule has 0 aliphatic carbocycles. The molecule has 1 N–H and O–H groups in total. The Labute approximate surface area is 72.6 Å². The molecule has 1 aromatic rings. The number of aryl methyl sites for hydroxylation is 1. The standard InChI is InChI=1S/C10H14FN/c1-7(2)12-10-5-4-9(11)6-8(10)3/h4-7,12H,1-3H3. The molecule has 0 heterocycles. The fraction of sp³-hybridized carbons (Fsp3) is 0.400. The minimum atomic E-state index is -0.179. The van der Waals surface area contributed by atoms with Crippen LogP contribution in [0.1, 0.15) is 19.4 Å². The van der Waals surface area contributed by atoms with E-state index >= 15 is 0 Å². The summed E-state index contributed by atoms with van der Waals surface area (Å²) < 4.78 is 12.7. The lowest BCUT2D eigenvalue weighted by atomic mass is 10.2. The van der Waals surface area contributed by atoms with Crippen molar-refractivity contribution < 1.29 is 4.39 Å². The molecule has 0 bridgehead atoms. The van der Waals surface area contributed by atoms with Crippen molar-refractivity contribution in [3.05, 3.63) is 29.6 Å². The third kappa shape index (κ3) is 2.22. The lowest BCUT2D eigenvalue weighted by molar-refractivity contribution is 0.626. The molecule has 0 fully saturated rings. The van der Waals surface area contributed by atoms with E-state index in [1.165, 1.54) is 12.1 Å². The van der Waals surface area contributed by atoms with Gasteiger partial charge in [0.1, 0.15) is 5.82 Å². The van der Waals surface area contributed by atoms with E-state index in [1.807, 2.05) is 6.92 Å². The number of rotatable bonds is 2. The van der Waals surface area contributed by atoms with Crippen LogP contribution in [0.2, 0.25) is 0 Å². The molecule has 0 aromatic heterocycles. The first-order chi connectivity index (χ1) is 5.59. The van der Waals surface area contributed by atoms with E-state index in [0.717, 1.165) is 11.3 Å². The maximum absolute atomic E-state index is 12.7. The van der Waals surface area contributed by atoms with Crippen LogP contribution >= 0.6 is 0 Å². The molecule has 12 heavy (non-hydrogen) atoms. The van der Waals surface area contributed by atoms with Crippen LogP contribution < -0.4 is 5.32 Å². The maximum atomic E-state index is 12.7. The highest BCUT2D eigenvalue weighted by Crippen LogP contribution is 2.16. The minimum absolute atomic E-state index is 0.179. The van der Waals surface area contributed by atoms with Gasteiger partial charge in [0.2, 0.25) is 0 Å². The third-order valence-corrected chi connectivity index (χ3v) is 1.63. The van der Waals surface area contributed by atoms with Crippen LogP contribution in [0, 0.1) is 12.7 Å². The number of hydrogen-bond acceptors (Lipinski definition) is 1. The average molecular weight is 167 g/mol. The molecular formula is C10H14FN. The molecular weight excluding hydrogens is 153 g/mol. The van der Waals surface area contributed by atoms with Gasteiger partial charge in [0, 0.05) is 11.7 Å². The number of anilines is 1. The highest BCUT2D eigenvalue weighted by Gasteiger charge is 2.00. The zero-order chi connectivity index (χ0) is 9.14. The number of hydrogen-bond donors (Lipinski definition) is 1. The van der Waals surface area contributed by atoms with Crippen LogP contribution in [0.15, 0.2) is 18.2 Å². The Hall–Kier alpha value is -1.05. The Morgan fingerprint density at radius 2 is 2.00 bits per heavy atom. The molecule has 66 valence electrons. The first-order valence-electron chi connectivity index (χ1n) is 4.12. The van der Waals surface area contributed by atoms with Crippen LogP contribution in [0.5, 0.6) is 0 Å². The number of benzene rings is 1. The number of nitrogens with one attached hydrogen (secondary N) is 1. The lowest BCUT2D eigenvalue weighted by Crippen LogP contribution is -2.10.